The molecule has 0 saturated heterocycles. The van der Waals surface area contributed by atoms with E-state index in [4.69, 9.17) is 11.6 Å². The summed E-state index contributed by atoms with van der Waals surface area (Å²) >= 11 is 4.99. The van der Waals surface area contributed by atoms with Crippen LogP contribution >= 0.6 is 11.6 Å². The zero-order chi connectivity index (χ0) is 15.1. The van der Waals surface area contributed by atoms with Crippen molar-refractivity contribution < 1.29 is 18.7 Å². The molecule has 0 aromatic carbocycles. The minimum absolute atomic E-state index is 0.00256. The molecule has 2 rings (SSSR count). The van der Waals surface area contributed by atoms with Crippen molar-refractivity contribution in [2.24, 2.45) is 5.92 Å². The smallest absolute Gasteiger partial charge is 0.407 e. The standard InChI is InChI=1S/C12H16ClF2N3O2/c1-6(2)10-9-8(16-5-17-9)7(3-12(13,14)15)4-18(10)11(19)20/h5-7,10H,3-4H2,1-2H3,(H,16,17)(H,19,20)/t7?,10-/m0/s1. The Labute approximate surface area is 119 Å². The molecule has 20 heavy (non-hydrogen) atoms. The van der Waals surface area contributed by atoms with Crippen LogP contribution in [0.4, 0.5) is 13.6 Å². The first-order valence-electron chi connectivity index (χ1n) is 6.30. The molecule has 8 heteroatoms. The van der Waals surface area contributed by atoms with Crippen LogP contribution in [-0.4, -0.2) is 38.0 Å². The lowest BCUT2D eigenvalue weighted by Crippen LogP contribution is -2.44. The average molecular weight is 308 g/mol. The Hall–Kier alpha value is -1.37. The average Bonchev–Trinajstić information content (AvgIpc) is 2.74. The highest BCUT2D eigenvalue weighted by molar-refractivity contribution is 6.21. The third kappa shape index (κ3) is 2.87. The molecule has 5 nitrogen and oxygen atoms in total. The number of nitrogens with zero attached hydrogens (tertiary/aromatic N) is 2. The van der Waals surface area contributed by atoms with E-state index < -0.39 is 29.9 Å². The van der Waals surface area contributed by atoms with E-state index in [0.717, 1.165) is 0 Å². The van der Waals surface area contributed by atoms with Gasteiger partial charge in [0.2, 0.25) is 0 Å². The molecule has 1 aromatic rings. The number of nitrogens with one attached hydrogen (secondary N) is 1. The minimum atomic E-state index is -3.38. The van der Waals surface area contributed by atoms with Crippen LogP contribution in [0.15, 0.2) is 6.33 Å². The highest BCUT2D eigenvalue weighted by Gasteiger charge is 2.42. The van der Waals surface area contributed by atoms with E-state index in [1.807, 2.05) is 13.8 Å². The van der Waals surface area contributed by atoms with Crippen molar-refractivity contribution >= 4 is 17.7 Å². The second-order valence-electron chi connectivity index (χ2n) is 5.34. The molecule has 1 aliphatic rings. The Morgan fingerprint density at radius 2 is 2.35 bits per heavy atom. The Morgan fingerprint density at radius 3 is 2.85 bits per heavy atom. The van der Waals surface area contributed by atoms with E-state index >= 15 is 0 Å². The number of halogens is 3. The van der Waals surface area contributed by atoms with Crippen LogP contribution in [0.5, 0.6) is 0 Å². The van der Waals surface area contributed by atoms with Gasteiger partial charge < -0.3 is 10.1 Å². The first-order chi connectivity index (χ1) is 9.20. The lowest BCUT2D eigenvalue weighted by atomic mass is 9.86. The minimum Gasteiger partial charge on any atom is -0.465 e. The zero-order valence-electron chi connectivity index (χ0n) is 11.1. The molecule has 0 saturated carbocycles. The van der Waals surface area contributed by atoms with Crippen molar-refractivity contribution in [3.05, 3.63) is 17.7 Å². The van der Waals surface area contributed by atoms with Crippen molar-refractivity contribution in [1.82, 2.24) is 14.9 Å². The van der Waals surface area contributed by atoms with Crippen LogP contribution < -0.4 is 0 Å². The van der Waals surface area contributed by atoms with Gasteiger partial charge in [0.25, 0.3) is 0 Å². The van der Waals surface area contributed by atoms with E-state index in [2.05, 4.69) is 9.97 Å². The number of hydrogen-bond donors (Lipinski definition) is 2. The number of amides is 1. The third-order valence-corrected chi connectivity index (χ3v) is 3.64. The van der Waals surface area contributed by atoms with E-state index in [9.17, 15) is 18.7 Å². The van der Waals surface area contributed by atoms with Crippen LogP contribution in [0.1, 0.15) is 43.6 Å². The Kier molecular flexibility index (Phi) is 3.90. The molecule has 0 radical (unpaired) electrons. The Bertz CT molecular complexity index is 501. The van der Waals surface area contributed by atoms with Crippen LogP contribution in [0, 0.1) is 5.92 Å². The number of rotatable bonds is 3. The maximum absolute atomic E-state index is 13.1. The summed E-state index contributed by atoms with van der Waals surface area (Å²) in [6.07, 6.45) is -0.363. The van der Waals surface area contributed by atoms with Gasteiger partial charge in [-0.3, -0.25) is 4.90 Å². The highest BCUT2D eigenvalue weighted by Crippen LogP contribution is 2.42. The quantitative estimate of drug-likeness (QED) is 0.841. The zero-order valence-corrected chi connectivity index (χ0v) is 11.9. The number of alkyl halides is 3. The van der Waals surface area contributed by atoms with Crippen LogP contribution in [0.2, 0.25) is 0 Å². The van der Waals surface area contributed by atoms with Crippen molar-refractivity contribution in [1.29, 1.82) is 0 Å². The van der Waals surface area contributed by atoms with Gasteiger partial charge in [0.15, 0.2) is 0 Å². The summed E-state index contributed by atoms with van der Waals surface area (Å²) in [6.45, 7) is 3.72. The van der Waals surface area contributed by atoms with Gasteiger partial charge in [-0.15, -0.1) is 0 Å². The molecule has 0 fully saturated rings. The number of hydrogen-bond acceptors (Lipinski definition) is 2. The van der Waals surface area contributed by atoms with Gasteiger partial charge in [0.1, 0.15) is 0 Å². The van der Waals surface area contributed by atoms with Gasteiger partial charge >= 0.3 is 11.5 Å². The molecule has 2 heterocycles. The lowest BCUT2D eigenvalue weighted by Gasteiger charge is -2.39. The summed E-state index contributed by atoms with van der Waals surface area (Å²) in [5.74, 6) is -0.711. The number of carbonyl (C=O) groups is 1. The maximum Gasteiger partial charge on any atom is 0.407 e. The normalized spacial score (nSPS) is 23.0. The molecular weight excluding hydrogens is 292 g/mol. The molecule has 112 valence electrons. The third-order valence-electron chi connectivity index (χ3n) is 3.49. The van der Waals surface area contributed by atoms with Crippen molar-refractivity contribution in [3.8, 4) is 0 Å². The maximum atomic E-state index is 13.1. The number of carboxylic acid groups (broad SMARTS) is 1. The number of H-pyrrole nitrogens is 1. The molecule has 0 spiro atoms. The summed E-state index contributed by atoms with van der Waals surface area (Å²) in [5, 5.41) is 5.93. The van der Waals surface area contributed by atoms with E-state index in [-0.39, 0.29) is 12.5 Å². The monoisotopic (exact) mass is 307 g/mol. The fourth-order valence-electron chi connectivity index (χ4n) is 2.80. The van der Waals surface area contributed by atoms with Gasteiger partial charge in [-0.25, -0.2) is 9.78 Å². The fourth-order valence-corrected chi connectivity index (χ4v) is 2.99. The van der Waals surface area contributed by atoms with Crippen molar-refractivity contribution in [3.63, 3.8) is 0 Å². The second-order valence-corrected chi connectivity index (χ2v) is 5.89. The first-order valence-corrected chi connectivity index (χ1v) is 6.68. The summed E-state index contributed by atoms with van der Waals surface area (Å²) in [6, 6.07) is -0.412. The van der Waals surface area contributed by atoms with Crippen LogP contribution in [0.25, 0.3) is 0 Å². The molecular formula is C12H16ClF2N3O2. The summed E-state index contributed by atoms with van der Waals surface area (Å²) < 4.78 is 26.1. The number of aromatic amines is 1. The summed E-state index contributed by atoms with van der Waals surface area (Å²) in [4.78, 5) is 19.5. The van der Waals surface area contributed by atoms with Crippen LogP contribution in [-0.2, 0) is 0 Å². The molecule has 1 unspecified atom stereocenters. The molecule has 1 aromatic heterocycles. The van der Waals surface area contributed by atoms with Gasteiger partial charge in [0, 0.05) is 18.9 Å². The van der Waals surface area contributed by atoms with Crippen LogP contribution in [0.3, 0.4) is 0 Å². The van der Waals surface area contributed by atoms with Gasteiger partial charge in [-0.1, -0.05) is 13.8 Å². The fraction of sp³-hybridized carbons (Fsp3) is 0.667. The van der Waals surface area contributed by atoms with E-state index in [1.165, 1.54) is 11.2 Å². The highest BCUT2D eigenvalue weighted by atomic mass is 35.5. The Balaban J connectivity index is 2.40. The number of aromatic nitrogens is 2. The predicted molar refractivity (Wildman–Crippen MR) is 69.1 cm³/mol. The topological polar surface area (TPSA) is 69.2 Å². The Morgan fingerprint density at radius 1 is 1.70 bits per heavy atom. The summed E-state index contributed by atoms with van der Waals surface area (Å²) in [7, 11) is 0. The molecule has 0 aliphatic carbocycles. The van der Waals surface area contributed by atoms with Crippen molar-refractivity contribution in [2.45, 2.75) is 37.6 Å². The number of imidazole rings is 1. The number of fused-ring (bicyclic) bond motifs is 1. The van der Waals surface area contributed by atoms with Gasteiger partial charge in [-0.05, 0) is 17.5 Å². The SMILES string of the molecule is CC(C)[C@H]1c2[nH]cnc2C(CC(F)(F)Cl)CN1C(=O)O. The van der Waals surface area contributed by atoms with E-state index in [1.54, 1.807) is 0 Å². The lowest BCUT2D eigenvalue weighted by molar-refractivity contribution is 0.0533. The van der Waals surface area contributed by atoms with Gasteiger partial charge in [-0.2, -0.15) is 8.78 Å². The van der Waals surface area contributed by atoms with E-state index in [0.29, 0.717) is 11.4 Å². The predicted octanol–water partition coefficient (Wildman–Crippen LogP) is 3.41. The largest absolute Gasteiger partial charge is 0.465 e. The first kappa shape index (κ1) is 15.0. The van der Waals surface area contributed by atoms with Crippen molar-refractivity contribution in [2.75, 3.05) is 6.54 Å². The molecule has 2 atom stereocenters. The summed E-state index contributed by atoms with van der Waals surface area (Å²) in [5.41, 5.74) is 1.07. The molecule has 1 amide bonds. The molecule has 0 bridgehead atoms. The second kappa shape index (κ2) is 5.20. The van der Waals surface area contributed by atoms with Gasteiger partial charge in [0.05, 0.1) is 23.8 Å². The molecule has 1 aliphatic heterocycles. The molecule has 2 N–H and O–H groups in total.